The number of benzene rings is 1. The van der Waals surface area contributed by atoms with Crippen LogP contribution in [0.3, 0.4) is 0 Å². The van der Waals surface area contributed by atoms with E-state index in [9.17, 15) is 9.00 Å². The Balaban J connectivity index is 1.70. The summed E-state index contributed by atoms with van der Waals surface area (Å²) < 4.78 is 17.8. The van der Waals surface area contributed by atoms with Crippen molar-refractivity contribution >= 4 is 22.4 Å². The third-order valence-corrected chi connectivity index (χ3v) is 6.64. The van der Waals surface area contributed by atoms with E-state index in [-0.39, 0.29) is 16.9 Å². The lowest BCUT2D eigenvalue weighted by Gasteiger charge is -2.30. The summed E-state index contributed by atoms with van der Waals surface area (Å²) >= 11 is 0. The first-order valence-electron chi connectivity index (χ1n) is 8.53. The Morgan fingerprint density at radius 3 is 2.78 bits per heavy atom. The van der Waals surface area contributed by atoms with Gasteiger partial charge in [-0.1, -0.05) is 19.3 Å². The second kappa shape index (κ2) is 7.47. The third kappa shape index (κ3) is 3.77. The molecule has 23 heavy (non-hydrogen) atoms. The van der Waals surface area contributed by atoms with E-state index in [2.05, 4.69) is 0 Å². The van der Waals surface area contributed by atoms with E-state index in [4.69, 9.17) is 4.74 Å². The minimum absolute atomic E-state index is 0.0000219. The van der Waals surface area contributed by atoms with Crippen LogP contribution in [0.2, 0.25) is 0 Å². The van der Waals surface area contributed by atoms with Crippen LogP contribution in [0.4, 0.5) is 5.69 Å². The van der Waals surface area contributed by atoms with Crippen LogP contribution in [-0.2, 0) is 22.0 Å². The molecule has 0 radical (unpaired) electrons. The highest BCUT2D eigenvalue weighted by atomic mass is 32.2. The van der Waals surface area contributed by atoms with E-state index in [0.29, 0.717) is 0 Å². The van der Waals surface area contributed by atoms with E-state index >= 15 is 0 Å². The fourth-order valence-corrected chi connectivity index (χ4v) is 5.10. The lowest BCUT2D eigenvalue weighted by Crippen LogP contribution is -2.39. The van der Waals surface area contributed by atoms with Crippen molar-refractivity contribution in [1.29, 1.82) is 0 Å². The molecule has 1 amide bonds. The Morgan fingerprint density at radius 1 is 1.26 bits per heavy atom. The molecule has 2 aliphatic rings. The molecule has 0 unspecified atom stereocenters. The predicted molar refractivity (Wildman–Crippen MR) is 93.6 cm³/mol. The second-order valence-electron chi connectivity index (χ2n) is 6.43. The van der Waals surface area contributed by atoms with E-state index < -0.39 is 10.8 Å². The fraction of sp³-hybridized carbons (Fsp3) is 0.611. The molecule has 126 valence electrons. The van der Waals surface area contributed by atoms with Gasteiger partial charge in [-0.25, -0.2) is 0 Å². The minimum Gasteiger partial charge on any atom is -0.497 e. The summed E-state index contributed by atoms with van der Waals surface area (Å²) in [7, 11) is 0.617. The molecule has 0 N–H and O–H groups in total. The number of ether oxygens (including phenoxy) is 1. The number of hydrogen-bond acceptors (Lipinski definition) is 3. The van der Waals surface area contributed by atoms with Gasteiger partial charge in [-0.3, -0.25) is 9.00 Å². The summed E-state index contributed by atoms with van der Waals surface area (Å²) in [6, 6.07) is 5.85. The highest BCUT2D eigenvalue weighted by Gasteiger charge is 2.27. The number of amides is 1. The molecule has 1 fully saturated rings. The maximum Gasteiger partial charge on any atom is 0.239 e. The van der Waals surface area contributed by atoms with Gasteiger partial charge in [0, 0.05) is 28.3 Å². The smallest absolute Gasteiger partial charge is 0.239 e. The monoisotopic (exact) mass is 335 g/mol. The summed E-state index contributed by atoms with van der Waals surface area (Å²) in [6.07, 6.45) is 7.46. The zero-order valence-electron chi connectivity index (χ0n) is 13.8. The lowest BCUT2D eigenvalue weighted by atomic mass is 10.0. The van der Waals surface area contributed by atoms with Crippen molar-refractivity contribution < 1.29 is 13.7 Å². The second-order valence-corrected chi connectivity index (χ2v) is 8.15. The van der Waals surface area contributed by atoms with Gasteiger partial charge < -0.3 is 9.64 Å². The summed E-state index contributed by atoms with van der Waals surface area (Å²) in [5, 5.41) is 0.216. The van der Waals surface area contributed by atoms with Crippen molar-refractivity contribution in [2.24, 2.45) is 0 Å². The van der Waals surface area contributed by atoms with Gasteiger partial charge in [0.25, 0.3) is 0 Å². The van der Waals surface area contributed by atoms with Gasteiger partial charge >= 0.3 is 0 Å². The van der Waals surface area contributed by atoms with Crippen molar-refractivity contribution in [2.45, 2.75) is 50.2 Å². The van der Waals surface area contributed by atoms with Crippen LogP contribution >= 0.6 is 0 Å². The quantitative estimate of drug-likeness (QED) is 0.849. The van der Waals surface area contributed by atoms with Crippen LogP contribution in [0.5, 0.6) is 5.75 Å². The molecule has 5 heteroatoms. The summed E-state index contributed by atoms with van der Waals surface area (Å²) in [5.74, 6) is 0.986. The predicted octanol–water partition coefficient (Wildman–Crippen LogP) is 3.06. The van der Waals surface area contributed by atoms with E-state index in [1.54, 1.807) is 7.11 Å². The van der Waals surface area contributed by atoms with Crippen LogP contribution in [0.1, 0.15) is 44.1 Å². The summed E-state index contributed by atoms with van der Waals surface area (Å²) in [4.78, 5) is 14.5. The number of aryl methyl sites for hydroxylation is 1. The summed E-state index contributed by atoms with van der Waals surface area (Å²) in [5.41, 5.74) is 2.11. The highest BCUT2D eigenvalue weighted by molar-refractivity contribution is 7.86. The van der Waals surface area contributed by atoms with Crippen molar-refractivity contribution in [1.82, 2.24) is 0 Å². The van der Waals surface area contributed by atoms with Crippen LogP contribution in [0.25, 0.3) is 0 Å². The minimum atomic E-state index is -1.04. The average molecular weight is 335 g/mol. The van der Waals surface area contributed by atoms with Crippen molar-refractivity contribution in [3.63, 3.8) is 0 Å². The van der Waals surface area contributed by atoms with Gasteiger partial charge in [0.2, 0.25) is 5.91 Å². The lowest BCUT2D eigenvalue weighted by molar-refractivity contribution is -0.116. The zero-order chi connectivity index (χ0) is 16.2. The Morgan fingerprint density at radius 2 is 2.04 bits per heavy atom. The van der Waals surface area contributed by atoms with Crippen molar-refractivity contribution in [2.75, 3.05) is 24.3 Å². The Kier molecular flexibility index (Phi) is 5.36. The Hall–Kier alpha value is -1.36. The van der Waals surface area contributed by atoms with Gasteiger partial charge in [0.1, 0.15) is 11.5 Å². The number of carbonyl (C=O) groups is 1. The molecule has 1 aromatic carbocycles. The molecule has 1 aromatic rings. The van der Waals surface area contributed by atoms with Crippen LogP contribution < -0.4 is 9.64 Å². The normalized spacial score (nSPS) is 20.0. The average Bonchev–Trinajstić information content (AvgIpc) is 2.61. The van der Waals surface area contributed by atoms with Crippen LogP contribution in [0.15, 0.2) is 18.2 Å². The number of methoxy groups -OCH3 is 1. The molecule has 0 bridgehead atoms. The first-order valence-corrected chi connectivity index (χ1v) is 9.91. The maximum atomic E-state index is 12.7. The molecular weight excluding hydrogens is 310 g/mol. The van der Waals surface area contributed by atoms with Crippen LogP contribution in [0, 0.1) is 0 Å². The number of fused-ring (bicyclic) bond motifs is 1. The number of carbonyl (C=O) groups excluding carboxylic acids is 1. The summed E-state index contributed by atoms with van der Waals surface area (Å²) in [6.45, 7) is 0.722. The maximum absolute atomic E-state index is 12.7. The van der Waals surface area contributed by atoms with E-state index in [1.165, 1.54) is 6.42 Å². The molecule has 1 aliphatic heterocycles. The van der Waals surface area contributed by atoms with Crippen LogP contribution in [-0.4, -0.2) is 34.8 Å². The molecule has 0 saturated heterocycles. The number of rotatable bonds is 4. The fourth-order valence-electron chi connectivity index (χ4n) is 3.61. The van der Waals surface area contributed by atoms with E-state index in [1.807, 2.05) is 23.1 Å². The molecule has 4 nitrogen and oxygen atoms in total. The standard InChI is InChI=1S/C18H25NO3S/c1-22-15-9-10-17-14(12-15)6-5-11-19(17)18(20)13-23(21)16-7-3-2-4-8-16/h9-10,12,16H,2-8,11,13H2,1H3/t23-/m1/s1. The molecule has 0 aromatic heterocycles. The first kappa shape index (κ1) is 16.5. The molecule has 1 saturated carbocycles. The van der Waals surface area contributed by atoms with Gasteiger partial charge in [-0.2, -0.15) is 0 Å². The number of hydrogen-bond donors (Lipinski definition) is 0. The van der Waals surface area contributed by atoms with Gasteiger partial charge in [-0.05, 0) is 49.4 Å². The van der Waals surface area contributed by atoms with Gasteiger partial charge in [0.15, 0.2) is 0 Å². The van der Waals surface area contributed by atoms with Gasteiger partial charge in [-0.15, -0.1) is 0 Å². The Bertz CT molecular complexity index is 596. The first-order chi connectivity index (χ1) is 11.2. The topological polar surface area (TPSA) is 46.6 Å². The van der Waals surface area contributed by atoms with Crippen molar-refractivity contribution in [3.05, 3.63) is 23.8 Å². The molecule has 1 atom stereocenters. The van der Waals surface area contributed by atoms with E-state index in [0.717, 1.165) is 62.1 Å². The highest BCUT2D eigenvalue weighted by Crippen LogP contribution is 2.31. The molecule has 1 heterocycles. The van der Waals surface area contributed by atoms with Crippen molar-refractivity contribution in [3.8, 4) is 5.75 Å². The SMILES string of the molecule is COc1ccc2c(c1)CCCN2C(=O)C[S@@](=O)C1CCCCC1. The zero-order valence-corrected chi connectivity index (χ0v) is 14.6. The molecule has 3 rings (SSSR count). The molecule has 0 spiro atoms. The van der Waals surface area contributed by atoms with Gasteiger partial charge in [0.05, 0.1) is 7.11 Å². The molecular formula is C18H25NO3S. The number of nitrogens with zero attached hydrogens (tertiary/aromatic N) is 1. The third-order valence-electron chi connectivity index (χ3n) is 4.90. The largest absolute Gasteiger partial charge is 0.497 e. The Labute approximate surface area is 140 Å². The molecule has 1 aliphatic carbocycles. The number of anilines is 1.